The van der Waals surface area contributed by atoms with Crippen molar-refractivity contribution in [3.05, 3.63) is 31.9 Å². The van der Waals surface area contributed by atoms with Crippen LogP contribution in [-0.4, -0.2) is 63.9 Å². The molecule has 0 atom stereocenters. The van der Waals surface area contributed by atoms with E-state index in [4.69, 9.17) is 12.2 Å². The summed E-state index contributed by atoms with van der Waals surface area (Å²) in [5.41, 5.74) is 1.35. The van der Waals surface area contributed by atoms with Crippen molar-refractivity contribution in [3.63, 3.8) is 0 Å². The standard InChI is InChI=1S/C29H43N5O2S2/c1-5-8-10-11-12-13-15-34-28(36)25(38-29(34)37)20-23-22(4)24(21-30)27(35)33(14-9-6-2)26(23)32-18-16-31(7-3)17-19-32/h20H,5-19H2,1-4H3/b25-20-. The smallest absolute Gasteiger partial charge is 0.270 e. The van der Waals surface area contributed by atoms with Gasteiger partial charge in [-0.05, 0) is 37.9 Å². The molecule has 0 aliphatic carbocycles. The fourth-order valence-corrected chi connectivity index (χ4v) is 6.45. The summed E-state index contributed by atoms with van der Waals surface area (Å²) in [6.07, 6.45) is 10.6. The Morgan fingerprint density at radius 3 is 2.24 bits per heavy atom. The first kappa shape index (κ1) is 30.4. The number of pyridine rings is 1. The number of carbonyl (C=O) groups is 1. The lowest BCUT2D eigenvalue weighted by atomic mass is 10.0. The van der Waals surface area contributed by atoms with Crippen molar-refractivity contribution in [2.24, 2.45) is 0 Å². The topological polar surface area (TPSA) is 72.6 Å². The summed E-state index contributed by atoms with van der Waals surface area (Å²) in [5, 5.41) is 9.91. The lowest BCUT2D eigenvalue weighted by molar-refractivity contribution is -0.122. The Bertz CT molecular complexity index is 1130. The molecule has 9 heteroatoms. The summed E-state index contributed by atoms with van der Waals surface area (Å²) in [7, 11) is 0. The summed E-state index contributed by atoms with van der Waals surface area (Å²) in [6, 6.07) is 2.15. The number of nitrogens with zero attached hydrogens (tertiary/aromatic N) is 5. The minimum Gasteiger partial charge on any atom is -0.355 e. The maximum Gasteiger partial charge on any atom is 0.270 e. The molecule has 1 aromatic heterocycles. The molecule has 2 aliphatic heterocycles. The Kier molecular flexibility index (Phi) is 11.9. The van der Waals surface area contributed by atoms with Gasteiger partial charge in [0, 0.05) is 44.8 Å². The van der Waals surface area contributed by atoms with Gasteiger partial charge in [-0.2, -0.15) is 5.26 Å². The van der Waals surface area contributed by atoms with Gasteiger partial charge >= 0.3 is 0 Å². The van der Waals surface area contributed by atoms with E-state index in [0.717, 1.165) is 69.8 Å². The van der Waals surface area contributed by atoms with Crippen LogP contribution in [0.25, 0.3) is 6.08 Å². The zero-order valence-electron chi connectivity index (χ0n) is 23.6. The number of anilines is 1. The van der Waals surface area contributed by atoms with Crippen LogP contribution < -0.4 is 10.5 Å². The van der Waals surface area contributed by atoms with E-state index in [-0.39, 0.29) is 17.0 Å². The van der Waals surface area contributed by atoms with Gasteiger partial charge in [0.2, 0.25) is 0 Å². The van der Waals surface area contributed by atoms with Gasteiger partial charge in [0.05, 0.1) is 4.91 Å². The molecule has 1 aromatic rings. The Morgan fingerprint density at radius 1 is 0.947 bits per heavy atom. The molecule has 38 heavy (non-hydrogen) atoms. The molecule has 3 heterocycles. The fourth-order valence-electron chi connectivity index (χ4n) is 5.16. The second-order valence-electron chi connectivity index (χ2n) is 10.2. The first-order chi connectivity index (χ1) is 18.4. The molecule has 0 spiro atoms. The van der Waals surface area contributed by atoms with Gasteiger partial charge in [0.25, 0.3) is 11.5 Å². The lowest BCUT2D eigenvalue weighted by Gasteiger charge is -2.37. The van der Waals surface area contributed by atoms with E-state index in [2.05, 4.69) is 36.6 Å². The lowest BCUT2D eigenvalue weighted by Crippen LogP contribution is -2.48. The third kappa shape index (κ3) is 7.08. The number of hydrogen-bond acceptors (Lipinski definition) is 7. The van der Waals surface area contributed by atoms with Gasteiger partial charge in [0.1, 0.15) is 21.8 Å². The summed E-state index contributed by atoms with van der Waals surface area (Å²) in [5.74, 6) is 0.761. The normalized spacial score (nSPS) is 17.6. The van der Waals surface area contributed by atoms with Crippen molar-refractivity contribution in [3.8, 4) is 6.07 Å². The van der Waals surface area contributed by atoms with Gasteiger partial charge < -0.3 is 9.80 Å². The van der Waals surface area contributed by atoms with Crippen LogP contribution in [0.4, 0.5) is 5.82 Å². The van der Waals surface area contributed by atoms with Gasteiger partial charge in [0.15, 0.2) is 0 Å². The number of unbranched alkanes of at least 4 members (excludes halogenated alkanes) is 6. The third-order valence-electron chi connectivity index (χ3n) is 7.59. The summed E-state index contributed by atoms with van der Waals surface area (Å²) >= 11 is 6.93. The first-order valence-electron chi connectivity index (χ1n) is 14.3. The zero-order valence-corrected chi connectivity index (χ0v) is 25.2. The average Bonchev–Trinajstić information content (AvgIpc) is 3.19. The number of thiocarbonyl (C=S) groups is 1. The van der Waals surface area contributed by atoms with Crippen molar-refractivity contribution in [1.82, 2.24) is 14.4 Å². The highest BCUT2D eigenvalue weighted by molar-refractivity contribution is 8.26. The molecule has 0 unspecified atom stereocenters. The Balaban J connectivity index is 1.98. The average molecular weight is 558 g/mol. The van der Waals surface area contributed by atoms with Gasteiger partial charge in [-0.1, -0.05) is 83.3 Å². The maximum absolute atomic E-state index is 13.5. The van der Waals surface area contributed by atoms with Crippen molar-refractivity contribution < 1.29 is 4.79 Å². The molecule has 2 fully saturated rings. The first-order valence-corrected chi connectivity index (χ1v) is 15.5. The molecule has 0 bridgehead atoms. The van der Waals surface area contributed by atoms with E-state index in [1.165, 1.54) is 37.4 Å². The van der Waals surface area contributed by atoms with Crippen LogP contribution in [0.2, 0.25) is 0 Å². The maximum atomic E-state index is 13.5. The highest BCUT2D eigenvalue weighted by Gasteiger charge is 2.33. The van der Waals surface area contributed by atoms with E-state index < -0.39 is 0 Å². The van der Waals surface area contributed by atoms with E-state index in [1.54, 1.807) is 9.47 Å². The predicted molar refractivity (Wildman–Crippen MR) is 163 cm³/mol. The van der Waals surface area contributed by atoms with Crippen LogP contribution in [0.1, 0.15) is 88.8 Å². The molecule has 208 valence electrons. The van der Waals surface area contributed by atoms with E-state index in [1.807, 2.05) is 13.0 Å². The molecular weight excluding hydrogens is 514 g/mol. The van der Waals surface area contributed by atoms with Crippen molar-refractivity contribution in [1.29, 1.82) is 5.26 Å². The van der Waals surface area contributed by atoms with E-state index >= 15 is 0 Å². The van der Waals surface area contributed by atoms with Crippen molar-refractivity contribution in [2.45, 2.75) is 85.6 Å². The molecule has 7 nitrogen and oxygen atoms in total. The summed E-state index contributed by atoms with van der Waals surface area (Å²) in [4.78, 5) is 33.9. The minimum atomic E-state index is -0.237. The summed E-state index contributed by atoms with van der Waals surface area (Å²) in [6.45, 7) is 13.9. The number of hydrogen-bond donors (Lipinski definition) is 0. The second-order valence-corrected chi connectivity index (χ2v) is 11.9. The number of aromatic nitrogens is 1. The van der Waals surface area contributed by atoms with Crippen LogP contribution in [0.15, 0.2) is 9.70 Å². The van der Waals surface area contributed by atoms with Gasteiger partial charge in [-0.15, -0.1) is 0 Å². The monoisotopic (exact) mass is 557 g/mol. The molecule has 0 saturated carbocycles. The Labute approximate surface area is 237 Å². The molecule has 3 rings (SSSR count). The van der Waals surface area contributed by atoms with E-state index in [9.17, 15) is 14.9 Å². The molecule has 2 aliphatic rings. The predicted octanol–water partition coefficient (Wildman–Crippen LogP) is 5.53. The van der Waals surface area contributed by atoms with Gasteiger partial charge in [-0.3, -0.25) is 19.1 Å². The largest absolute Gasteiger partial charge is 0.355 e. The number of carbonyl (C=O) groups excluding carboxylic acids is 1. The van der Waals surface area contributed by atoms with Gasteiger partial charge in [-0.25, -0.2) is 0 Å². The molecule has 0 aromatic carbocycles. The second kappa shape index (κ2) is 14.9. The number of nitriles is 1. The number of thioether (sulfide) groups is 1. The number of rotatable bonds is 13. The Morgan fingerprint density at radius 2 is 1.61 bits per heavy atom. The van der Waals surface area contributed by atoms with Crippen LogP contribution in [0.5, 0.6) is 0 Å². The minimum absolute atomic E-state index is 0.0699. The molecular formula is C29H43N5O2S2. The number of piperazine rings is 1. The molecule has 2 saturated heterocycles. The molecule has 0 radical (unpaired) electrons. The molecule has 0 N–H and O–H groups in total. The van der Waals surface area contributed by atoms with Crippen molar-refractivity contribution >= 4 is 46.1 Å². The van der Waals surface area contributed by atoms with Crippen molar-refractivity contribution in [2.75, 3.05) is 44.2 Å². The molecule has 1 amide bonds. The van der Waals surface area contributed by atoms with E-state index in [0.29, 0.717) is 27.9 Å². The number of likely N-dealkylation sites (N-methyl/N-ethyl adjacent to an activating group) is 1. The van der Waals surface area contributed by atoms with Crippen LogP contribution in [-0.2, 0) is 11.3 Å². The zero-order chi connectivity index (χ0) is 27.7. The third-order valence-corrected chi connectivity index (χ3v) is 8.96. The van der Waals surface area contributed by atoms with Crippen LogP contribution in [0, 0.1) is 18.3 Å². The van der Waals surface area contributed by atoms with Crippen LogP contribution >= 0.6 is 24.0 Å². The quantitative estimate of drug-likeness (QED) is 0.179. The Hall–Kier alpha value is -2.15. The van der Waals surface area contributed by atoms with Crippen LogP contribution in [0.3, 0.4) is 0 Å². The fraction of sp³-hybridized carbons (Fsp3) is 0.655. The number of amides is 1. The summed E-state index contributed by atoms with van der Waals surface area (Å²) < 4.78 is 2.37. The highest BCUT2D eigenvalue weighted by Crippen LogP contribution is 2.36. The SMILES string of the molecule is CCCCCCCCN1C(=O)/C(=C/c2c(C)c(C#N)c(=O)n(CCCC)c2N2CCN(CC)CC2)SC1=S. The highest BCUT2D eigenvalue weighted by atomic mass is 32.2.